The van der Waals surface area contributed by atoms with Gasteiger partial charge in [-0.15, -0.1) is 0 Å². The molecule has 18 heavy (non-hydrogen) atoms. The summed E-state index contributed by atoms with van der Waals surface area (Å²) in [4.78, 5) is 0. The van der Waals surface area contributed by atoms with E-state index in [0.717, 1.165) is 0 Å². The Hall–Kier alpha value is -0.210. The molecule has 0 spiro atoms. The zero-order valence-electron chi connectivity index (χ0n) is 11.4. The highest BCUT2D eigenvalue weighted by atomic mass is 32.2. The molecular formula is C11H25N3O3S. The van der Waals surface area contributed by atoms with Crippen molar-refractivity contribution in [3.8, 4) is 0 Å². The molecule has 0 saturated carbocycles. The van der Waals surface area contributed by atoms with Crippen LogP contribution in [0.25, 0.3) is 0 Å². The van der Waals surface area contributed by atoms with Gasteiger partial charge in [0.25, 0.3) is 10.2 Å². The molecule has 1 aliphatic heterocycles. The Morgan fingerprint density at radius 3 is 2.33 bits per heavy atom. The fraction of sp³-hybridized carbons (Fsp3) is 1.00. The maximum absolute atomic E-state index is 12.2. The topological polar surface area (TPSA) is 81.7 Å². The molecule has 1 rings (SSSR count). The van der Waals surface area contributed by atoms with Gasteiger partial charge in [0, 0.05) is 38.8 Å². The quantitative estimate of drug-likeness (QED) is 0.635. The summed E-state index contributed by atoms with van der Waals surface area (Å²) < 4.78 is 28.6. The Bertz CT molecular complexity index is 345. The minimum atomic E-state index is -3.46. The number of rotatable bonds is 5. The van der Waals surface area contributed by atoms with E-state index in [0.29, 0.717) is 32.6 Å². The van der Waals surface area contributed by atoms with E-state index in [1.54, 1.807) is 0 Å². The van der Waals surface area contributed by atoms with Gasteiger partial charge in [0.05, 0.1) is 0 Å². The van der Waals surface area contributed by atoms with Crippen LogP contribution in [0.3, 0.4) is 0 Å². The summed E-state index contributed by atoms with van der Waals surface area (Å²) in [6.45, 7) is 8.22. The molecule has 1 atom stereocenters. The highest BCUT2D eigenvalue weighted by Crippen LogP contribution is 2.22. The van der Waals surface area contributed by atoms with E-state index in [2.05, 4.69) is 10.0 Å². The normalized spacial score (nSPS) is 20.9. The minimum Gasteiger partial charge on any atom is -0.396 e. The molecule has 0 bridgehead atoms. The second-order valence-corrected chi connectivity index (χ2v) is 7.41. The van der Waals surface area contributed by atoms with Gasteiger partial charge >= 0.3 is 0 Å². The molecule has 0 aromatic heterocycles. The first-order chi connectivity index (χ1) is 8.27. The molecule has 0 radical (unpaired) electrons. The van der Waals surface area contributed by atoms with Crippen molar-refractivity contribution in [3.63, 3.8) is 0 Å². The zero-order valence-corrected chi connectivity index (χ0v) is 12.3. The maximum Gasteiger partial charge on any atom is 0.279 e. The number of aliphatic hydroxyl groups excluding tert-OH is 1. The summed E-state index contributed by atoms with van der Waals surface area (Å²) in [5, 5.41) is 12.2. The number of aliphatic hydroxyl groups is 1. The summed E-state index contributed by atoms with van der Waals surface area (Å²) in [6, 6.07) is -0.262. The van der Waals surface area contributed by atoms with Gasteiger partial charge < -0.3 is 10.4 Å². The second-order valence-electron chi connectivity index (χ2n) is 5.70. The highest BCUT2D eigenvalue weighted by Gasteiger charge is 2.32. The van der Waals surface area contributed by atoms with Crippen LogP contribution < -0.4 is 10.0 Å². The van der Waals surface area contributed by atoms with Gasteiger partial charge in [0.2, 0.25) is 0 Å². The summed E-state index contributed by atoms with van der Waals surface area (Å²) in [7, 11) is -3.46. The predicted octanol–water partition coefficient (Wildman–Crippen LogP) is -0.477. The van der Waals surface area contributed by atoms with Gasteiger partial charge in [0.1, 0.15) is 0 Å². The molecule has 0 aromatic carbocycles. The molecule has 6 nitrogen and oxygen atoms in total. The Kier molecular flexibility index (Phi) is 5.54. The van der Waals surface area contributed by atoms with E-state index in [1.807, 2.05) is 20.8 Å². The SMILES string of the molecule is CC(C)(C)C(CCO)NS(=O)(=O)N1CCNCC1. The van der Waals surface area contributed by atoms with Gasteiger partial charge in [-0.1, -0.05) is 20.8 Å². The third-order valence-corrected chi connectivity index (χ3v) is 4.80. The Balaban J connectivity index is 2.72. The van der Waals surface area contributed by atoms with Crippen LogP contribution in [0.4, 0.5) is 0 Å². The van der Waals surface area contributed by atoms with Gasteiger partial charge in [-0.3, -0.25) is 0 Å². The second kappa shape index (κ2) is 6.29. The molecule has 1 saturated heterocycles. The highest BCUT2D eigenvalue weighted by molar-refractivity contribution is 7.87. The van der Waals surface area contributed by atoms with Crippen LogP contribution in [0.5, 0.6) is 0 Å². The van der Waals surface area contributed by atoms with Crippen molar-refractivity contribution in [2.24, 2.45) is 5.41 Å². The largest absolute Gasteiger partial charge is 0.396 e. The van der Waals surface area contributed by atoms with Crippen LogP contribution in [0, 0.1) is 5.41 Å². The Morgan fingerprint density at radius 2 is 1.89 bits per heavy atom. The first-order valence-electron chi connectivity index (χ1n) is 6.36. The van der Waals surface area contributed by atoms with Gasteiger partial charge in [-0.05, 0) is 11.8 Å². The summed E-state index contributed by atoms with van der Waals surface area (Å²) in [5.41, 5.74) is -0.218. The van der Waals surface area contributed by atoms with E-state index in [-0.39, 0.29) is 18.1 Å². The number of nitrogens with one attached hydrogen (secondary N) is 2. The summed E-state index contributed by atoms with van der Waals surface area (Å²) in [6.07, 6.45) is 0.425. The average Bonchev–Trinajstić information content (AvgIpc) is 2.28. The van der Waals surface area contributed by atoms with Crippen molar-refractivity contribution in [3.05, 3.63) is 0 Å². The molecule has 7 heteroatoms. The van der Waals surface area contributed by atoms with Crippen molar-refractivity contribution < 1.29 is 13.5 Å². The van der Waals surface area contributed by atoms with Crippen LogP contribution in [-0.2, 0) is 10.2 Å². The first-order valence-corrected chi connectivity index (χ1v) is 7.80. The molecule has 1 unspecified atom stereocenters. The Morgan fingerprint density at radius 1 is 1.33 bits per heavy atom. The van der Waals surface area contributed by atoms with Crippen LogP contribution in [0.2, 0.25) is 0 Å². The molecule has 0 aromatic rings. The third kappa shape index (κ3) is 4.47. The van der Waals surface area contributed by atoms with E-state index in [4.69, 9.17) is 5.11 Å². The van der Waals surface area contributed by atoms with E-state index in [1.165, 1.54) is 4.31 Å². The standard InChI is InChI=1S/C11H25N3O3S/c1-11(2,3)10(4-9-15)13-18(16,17)14-7-5-12-6-8-14/h10,12-13,15H,4-9H2,1-3H3. The van der Waals surface area contributed by atoms with E-state index < -0.39 is 10.2 Å². The van der Waals surface area contributed by atoms with Crippen LogP contribution in [0.1, 0.15) is 27.2 Å². The molecule has 1 heterocycles. The van der Waals surface area contributed by atoms with Crippen LogP contribution in [-0.4, -0.2) is 56.7 Å². The van der Waals surface area contributed by atoms with E-state index >= 15 is 0 Å². The lowest BCUT2D eigenvalue weighted by atomic mass is 9.86. The maximum atomic E-state index is 12.2. The smallest absolute Gasteiger partial charge is 0.279 e. The fourth-order valence-corrected chi connectivity index (χ4v) is 3.58. The summed E-state index contributed by atoms with van der Waals surface area (Å²) in [5.74, 6) is 0. The lowest BCUT2D eigenvalue weighted by molar-refractivity contribution is 0.211. The van der Waals surface area contributed by atoms with E-state index in [9.17, 15) is 8.42 Å². The van der Waals surface area contributed by atoms with Crippen LogP contribution >= 0.6 is 0 Å². The van der Waals surface area contributed by atoms with Gasteiger partial charge in [-0.2, -0.15) is 17.4 Å². The lowest BCUT2D eigenvalue weighted by Crippen LogP contribution is -2.54. The molecule has 0 amide bonds. The number of hydrogen-bond acceptors (Lipinski definition) is 4. The zero-order chi connectivity index (χ0) is 13.8. The molecular weight excluding hydrogens is 254 g/mol. The molecule has 1 fully saturated rings. The number of nitrogens with zero attached hydrogens (tertiary/aromatic N) is 1. The first kappa shape index (κ1) is 15.8. The van der Waals surface area contributed by atoms with Crippen molar-refractivity contribution in [2.45, 2.75) is 33.2 Å². The molecule has 108 valence electrons. The van der Waals surface area contributed by atoms with Crippen molar-refractivity contribution >= 4 is 10.2 Å². The minimum absolute atomic E-state index is 0.0218. The van der Waals surface area contributed by atoms with Gasteiger partial charge in [-0.25, -0.2) is 0 Å². The third-order valence-electron chi connectivity index (χ3n) is 3.17. The summed E-state index contributed by atoms with van der Waals surface area (Å²) >= 11 is 0. The number of piperazine rings is 1. The average molecular weight is 279 g/mol. The number of hydrogen-bond donors (Lipinski definition) is 3. The van der Waals surface area contributed by atoms with Gasteiger partial charge in [0.15, 0.2) is 0 Å². The predicted molar refractivity (Wildman–Crippen MR) is 71.4 cm³/mol. The molecule has 3 N–H and O–H groups in total. The lowest BCUT2D eigenvalue weighted by Gasteiger charge is -2.34. The molecule has 1 aliphatic rings. The fourth-order valence-electron chi connectivity index (χ4n) is 1.94. The monoisotopic (exact) mass is 279 g/mol. The van der Waals surface area contributed by atoms with Crippen molar-refractivity contribution in [1.82, 2.24) is 14.3 Å². The van der Waals surface area contributed by atoms with Crippen molar-refractivity contribution in [1.29, 1.82) is 0 Å². The molecule has 0 aliphatic carbocycles. The Labute approximate surface area is 110 Å². The van der Waals surface area contributed by atoms with Crippen molar-refractivity contribution in [2.75, 3.05) is 32.8 Å². The van der Waals surface area contributed by atoms with Crippen LogP contribution in [0.15, 0.2) is 0 Å².